The fourth-order valence-corrected chi connectivity index (χ4v) is 4.59. The van der Waals surface area contributed by atoms with Gasteiger partial charge in [-0.15, -0.1) is 0 Å². The molecule has 33 heavy (non-hydrogen) atoms. The van der Waals surface area contributed by atoms with E-state index in [2.05, 4.69) is 11.4 Å². The summed E-state index contributed by atoms with van der Waals surface area (Å²) >= 11 is 0. The van der Waals surface area contributed by atoms with E-state index in [9.17, 15) is 14.4 Å². The average Bonchev–Trinajstić information content (AvgIpc) is 3.07. The van der Waals surface area contributed by atoms with Gasteiger partial charge in [-0.3, -0.25) is 14.5 Å². The Labute approximate surface area is 194 Å². The van der Waals surface area contributed by atoms with Gasteiger partial charge in [0.15, 0.2) is 0 Å². The number of urea groups is 1. The molecule has 1 atom stereocenters. The van der Waals surface area contributed by atoms with E-state index in [1.165, 1.54) is 5.56 Å². The van der Waals surface area contributed by atoms with Crippen molar-refractivity contribution in [2.75, 3.05) is 36.5 Å². The summed E-state index contributed by atoms with van der Waals surface area (Å²) in [6.45, 7) is 3.82. The summed E-state index contributed by atoms with van der Waals surface area (Å²) in [5, 5.41) is 2.96. The Morgan fingerprint density at radius 2 is 1.79 bits per heavy atom. The number of anilines is 2. The molecule has 0 aromatic heterocycles. The molecule has 0 saturated carbocycles. The lowest BCUT2D eigenvalue weighted by Gasteiger charge is -2.31. The molecular formula is C26H31N3O4. The summed E-state index contributed by atoms with van der Waals surface area (Å²) in [5.74, 6) is -0.607. The molecule has 1 saturated heterocycles. The largest absolute Gasteiger partial charge is 0.466 e. The molecule has 7 nitrogen and oxygen atoms in total. The maximum Gasteiger partial charge on any atom is 0.326 e. The first-order valence-corrected chi connectivity index (χ1v) is 11.8. The van der Waals surface area contributed by atoms with Gasteiger partial charge >= 0.3 is 12.0 Å². The SMILES string of the molecule is CCOC(=O)[C@@H]1CCCN(C(=O)c2ccc(NC(=O)N3CCCCc4ccccc43)cc2)C1. The zero-order valence-corrected chi connectivity index (χ0v) is 19.1. The predicted molar refractivity (Wildman–Crippen MR) is 127 cm³/mol. The lowest BCUT2D eigenvalue weighted by atomic mass is 9.97. The van der Waals surface area contributed by atoms with Gasteiger partial charge in [0.25, 0.3) is 5.91 Å². The van der Waals surface area contributed by atoms with E-state index in [1.807, 2.05) is 18.2 Å². The summed E-state index contributed by atoms with van der Waals surface area (Å²) in [7, 11) is 0. The molecule has 2 heterocycles. The topological polar surface area (TPSA) is 79.0 Å². The maximum atomic E-state index is 13.0. The number of para-hydroxylation sites is 1. The Balaban J connectivity index is 1.40. The Bertz CT molecular complexity index is 1000. The highest BCUT2D eigenvalue weighted by Gasteiger charge is 2.30. The Hall–Kier alpha value is -3.35. The van der Waals surface area contributed by atoms with E-state index in [-0.39, 0.29) is 23.8 Å². The minimum atomic E-state index is -0.266. The highest BCUT2D eigenvalue weighted by Crippen LogP contribution is 2.27. The Kier molecular flexibility index (Phi) is 7.27. The number of ether oxygens (including phenoxy) is 1. The Morgan fingerprint density at radius 1 is 1.00 bits per heavy atom. The van der Waals surface area contributed by atoms with Crippen LogP contribution in [0.3, 0.4) is 0 Å². The molecule has 174 valence electrons. The van der Waals surface area contributed by atoms with Crippen LogP contribution in [0.2, 0.25) is 0 Å². The normalized spacial score (nSPS) is 18.2. The van der Waals surface area contributed by atoms with Crippen molar-refractivity contribution in [3.05, 3.63) is 59.7 Å². The highest BCUT2D eigenvalue weighted by atomic mass is 16.5. The zero-order chi connectivity index (χ0) is 23.2. The first-order chi connectivity index (χ1) is 16.1. The van der Waals surface area contributed by atoms with Crippen molar-refractivity contribution < 1.29 is 19.1 Å². The van der Waals surface area contributed by atoms with Crippen molar-refractivity contribution in [1.29, 1.82) is 0 Å². The molecule has 2 aliphatic rings. The van der Waals surface area contributed by atoms with Gasteiger partial charge in [-0.25, -0.2) is 4.79 Å². The van der Waals surface area contributed by atoms with Crippen molar-refractivity contribution in [2.45, 2.75) is 39.0 Å². The molecule has 7 heteroatoms. The second kappa shape index (κ2) is 10.5. The summed E-state index contributed by atoms with van der Waals surface area (Å²) in [6.07, 6.45) is 4.52. The number of likely N-dealkylation sites (tertiary alicyclic amines) is 1. The predicted octanol–water partition coefficient (Wildman–Crippen LogP) is 4.48. The van der Waals surface area contributed by atoms with Crippen molar-refractivity contribution in [3.63, 3.8) is 0 Å². The van der Waals surface area contributed by atoms with Crippen LogP contribution in [0.25, 0.3) is 0 Å². The number of benzene rings is 2. The van der Waals surface area contributed by atoms with Gasteiger partial charge in [0.2, 0.25) is 0 Å². The van der Waals surface area contributed by atoms with Crippen molar-refractivity contribution in [1.82, 2.24) is 4.90 Å². The van der Waals surface area contributed by atoms with Crippen LogP contribution in [0.1, 0.15) is 48.5 Å². The van der Waals surface area contributed by atoms with Crippen LogP contribution >= 0.6 is 0 Å². The van der Waals surface area contributed by atoms with E-state index in [4.69, 9.17) is 4.74 Å². The number of piperidine rings is 1. The summed E-state index contributed by atoms with van der Waals surface area (Å²) < 4.78 is 5.13. The van der Waals surface area contributed by atoms with Gasteiger partial charge in [0, 0.05) is 36.6 Å². The molecule has 4 rings (SSSR count). The molecular weight excluding hydrogens is 418 g/mol. The second-order valence-corrected chi connectivity index (χ2v) is 8.59. The van der Waals surface area contributed by atoms with Gasteiger partial charge in [0.05, 0.1) is 12.5 Å². The van der Waals surface area contributed by atoms with E-state index < -0.39 is 0 Å². The van der Waals surface area contributed by atoms with Gasteiger partial charge in [0.1, 0.15) is 0 Å². The number of carbonyl (C=O) groups is 3. The van der Waals surface area contributed by atoms with E-state index in [1.54, 1.807) is 41.0 Å². The van der Waals surface area contributed by atoms with Crippen molar-refractivity contribution in [2.24, 2.45) is 5.92 Å². The van der Waals surface area contributed by atoms with Crippen LogP contribution in [0.5, 0.6) is 0 Å². The minimum absolute atomic E-state index is 0.108. The summed E-state index contributed by atoms with van der Waals surface area (Å²) in [5.41, 5.74) is 3.33. The molecule has 0 radical (unpaired) electrons. The van der Waals surface area contributed by atoms with Gasteiger partial charge in [-0.2, -0.15) is 0 Å². The number of nitrogens with zero attached hydrogens (tertiary/aromatic N) is 2. The molecule has 0 aliphatic carbocycles. The number of hydrogen-bond donors (Lipinski definition) is 1. The quantitative estimate of drug-likeness (QED) is 0.698. The minimum Gasteiger partial charge on any atom is -0.466 e. The highest BCUT2D eigenvalue weighted by molar-refractivity contribution is 6.02. The number of fused-ring (bicyclic) bond motifs is 1. The molecule has 2 aromatic carbocycles. The van der Waals surface area contributed by atoms with E-state index in [0.717, 1.165) is 37.8 Å². The average molecular weight is 450 g/mol. The molecule has 0 unspecified atom stereocenters. The molecule has 0 spiro atoms. The van der Waals surface area contributed by atoms with Crippen molar-refractivity contribution in [3.8, 4) is 0 Å². The third-order valence-electron chi connectivity index (χ3n) is 6.32. The maximum absolute atomic E-state index is 13.0. The molecule has 2 aliphatic heterocycles. The molecule has 2 aromatic rings. The number of amides is 3. The third-order valence-corrected chi connectivity index (χ3v) is 6.32. The number of hydrogen-bond acceptors (Lipinski definition) is 4. The number of aryl methyl sites for hydroxylation is 1. The smallest absolute Gasteiger partial charge is 0.326 e. The van der Waals surface area contributed by atoms with E-state index >= 15 is 0 Å². The van der Waals surface area contributed by atoms with Crippen LogP contribution in [0.4, 0.5) is 16.2 Å². The van der Waals surface area contributed by atoms with Crippen LogP contribution in [-0.2, 0) is 16.0 Å². The van der Waals surface area contributed by atoms with Crippen molar-refractivity contribution >= 4 is 29.3 Å². The third kappa shape index (κ3) is 5.35. The lowest BCUT2D eigenvalue weighted by Crippen LogP contribution is -2.42. The first-order valence-electron chi connectivity index (χ1n) is 11.8. The van der Waals surface area contributed by atoms with E-state index in [0.29, 0.717) is 37.5 Å². The molecule has 3 amide bonds. The number of esters is 1. The summed E-state index contributed by atoms with van der Waals surface area (Å²) in [4.78, 5) is 41.5. The van der Waals surface area contributed by atoms with Crippen LogP contribution in [0, 0.1) is 5.92 Å². The van der Waals surface area contributed by atoms with Gasteiger partial charge in [-0.1, -0.05) is 18.2 Å². The first kappa shape index (κ1) is 22.8. The monoisotopic (exact) mass is 449 g/mol. The van der Waals surface area contributed by atoms with Crippen LogP contribution in [0.15, 0.2) is 48.5 Å². The Morgan fingerprint density at radius 3 is 2.58 bits per heavy atom. The van der Waals surface area contributed by atoms with Crippen LogP contribution < -0.4 is 10.2 Å². The molecule has 0 bridgehead atoms. The standard InChI is InChI=1S/C26H31N3O4/c1-2-33-25(31)21-10-7-16-28(18-21)24(30)20-12-14-22(15-13-20)27-26(32)29-17-6-5-9-19-8-3-4-11-23(19)29/h3-4,8,11-15,21H,2,5-7,9-10,16-18H2,1H3,(H,27,32)/t21-/m1/s1. The summed E-state index contributed by atoms with van der Waals surface area (Å²) in [6, 6.07) is 14.8. The fraction of sp³-hybridized carbons (Fsp3) is 0.423. The lowest BCUT2D eigenvalue weighted by molar-refractivity contribution is -0.149. The number of nitrogens with one attached hydrogen (secondary N) is 1. The second-order valence-electron chi connectivity index (χ2n) is 8.59. The molecule has 1 fully saturated rings. The molecule has 1 N–H and O–H groups in total. The fourth-order valence-electron chi connectivity index (χ4n) is 4.59. The number of carbonyl (C=O) groups excluding carboxylic acids is 3. The number of rotatable bonds is 4. The zero-order valence-electron chi connectivity index (χ0n) is 19.1. The van der Waals surface area contributed by atoms with Crippen LogP contribution in [-0.4, -0.2) is 49.0 Å². The van der Waals surface area contributed by atoms with Gasteiger partial charge < -0.3 is 15.0 Å². The van der Waals surface area contributed by atoms with Gasteiger partial charge in [-0.05, 0) is 74.9 Å².